The molecule has 0 aliphatic carbocycles. The van der Waals surface area contributed by atoms with Crippen molar-refractivity contribution in [3.05, 3.63) is 24.3 Å². The van der Waals surface area contributed by atoms with Crippen LogP contribution in [0.3, 0.4) is 0 Å². The van der Waals surface area contributed by atoms with Gasteiger partial charge in [0.1, 0.15) is 5.75 Å². The number of hydrogen-bond donors (Lipinski definition) is 2. The summed E-state index contributed by atoms with van der Waals surface area (Å²) < 4.78 is 4.88. The summed E-state index contributed by atoms with van der Waals surface area (Å²) in [6.07, 6.45) is 0.722. The monoisotopic (exact) mass is 237 g/mol. The summed E-state index contributed by atoms with van der Waals surface area (Å²) in [5.74, 6) is -0.655. The van der Waals surface area contributed by atoms with Gasteiger partial charge in [0.25, 0.3) is 0 Å². The second-order valence-corrected chi connectivity index (χ2v) is 3.54. The molecule has 2 N–H and O–H groups in total. The molecule has 5 heteroatoms. The summed E-state index contributed by atoms with van der Waals surface area (Å²) in [6.45, 7) is 1.94. The molecule has 0 atom stereocenters. The fourth-order valence-corrected chi connectivity index (χ4v) is 1.28. The molecule has 0 saturated carbocycles. The van der Waals surface area contributed by atoms with Crippen LogP contribution in [0.2, 0.25) is 0 Å². The average Bonchev–Trinajstić information content (AvgIpc) is 2.25. The van der Waals surface area contributed by atoms with Gasteiger partial charge >= 0.3 is 11.9 Å². The third-order valence-electron chi connectivity index (χ3n) is 2.01. The van der Waals surface area contributed by atoms with Crippen LogP contribution in [0.15, 0.2) is 24.3 Å². The fourth-order valence-electron chi connectivity index (χ4n) is 1.28. The molecule has 17 heavy (non-hydrogen) atoms. The van der Waals surface area contributed by atoms with E-state index in [4.69, 9.17) is 9.84 Å². The molecule has 0 amide bonds. The Morgan fingerprint density at radius 3 is 2.47 bits per heavy atom. The smallest absolute Gasteiger partial charge is 0.308 e. The minimum Gasteiger partial charge on any atom is -0.481 e. The number of esters is 1. The Labute approximate surface area is 99.4 Å². The molecule has 1 aromatic carbocycles. The lowest BCUT2D eigenvalue weighted by atomic mass is 10.2. The summed E-state index contributed by atoms with van der Waals surface area (Å²) in [7, 11) is 0. The predicted octanol–water partition coefficient (Wildman–Crippen LogP) is 1.89. The lowest BCUT2D eigenvalue weighted by Gasteiger charge is -2.06. The minimum atomic E-state index is -0.794. The lowest BCUT2D eigenvalue weighted by Crippen LogP contribution is -2.05. The molecule has 0 aliphatic rings. The van der Waals surface area contributed by atoms with Crippen LogP contribution in [0.1, 0.15) is 19.8 Å². The number of rotatable bonds is 6. The number of anilines is 1. The van der Waals surface area contributed by atoms with Crippen molar-refractivity contribution < 1.29 is 19.4 Å². The van der Waals surface area contributed by atoms with Gasteiger partial charge in [-0.1, -0.05) is 0 Å². The molecule has 5 nitrogen and oxygen atoms in total. The van der Waals surface area contributed by atoms with Crippen LogP contribution in [0.4, 0.5) is 5.69 Å². The van der Waals surface area contributed by atoms with Crippen LogP contribution in [0, 0.1) is 0 Å². The highest BCUT2D eigenvalue weighted by molar-refractivity contribution is 5.69. The highest BCUT2D eigenvalue weighted by Gasteiger charge is 1.99. The average molecular weight is 237 g/mol. The van der Waals surface area contributed by atoms with E-state index in [9.17, 15) is 9.59 Å². The van der Waals surface area contributed by atoms with E-state index in [1.54, 1.807) is 24.3 Å². The van der Waals surface area contributed by atoms with Gasteiger partial charge < -0.3 is 15.2 Å². The molecular formula is C12H15NO4. The Hall–Kier alpha value is -2.04. The molecule has 0 saturated heterocycles. The maximum atomic E-state index is 10.7. The van der Waals surface area contributed by atoms with Gasteiger partial charge in [-0.15, -0.1) is 0 Å². The van der Waals surface area contributed by atoms with E-state index in [0.717, 1.165) is 5.69 Å². The molecule has 0 fully saturated rings. The Bertz CT molecular complexity index is 386. The van der Waals surface area contributed by atoms with Gasteiger partial charge in [0, 0.05) is 25.6 Å². The van der Waals surface area contributed by atoms with E-state index in [1.165, 1.54) is 6.92 Å². The second-order valence-electron chi connectivity index (χ2n) is 3.54. The number of benzene rings is 1. The molecular weight excluding hydrogens is 222 g/mol. The first-order valence-electron chi connectivity index (χ1n) is 5.32. The molecule has 1 aromatic rings. The molecule has 0 unspecified atom stereocenters. The summed E-state index contributed by atoms with van der Waals surface area (Å²) in [5.41, 5.74) is 0.867. The first-order valence-corrected chi connectivity index (χ1v) is 5.32. The van der Waals surface area contributed by atoms with E-state index in [1.807, 2.05) is 0 Å². The normalized spacial score (nSPS) is 9.71. The summed E-state index contributed by atoms with van der Waals surface area (Å²) in [6, 6.07) is 6.92. The molecule has 0 spiro atoms. The summed E-state index contributed by atoms with van der Waals surface area (Å²) in [4.78, 5) is 21.0. The number of carbonyl (C=O) groups excluding carboxylic acids is 1. The van der Waals surface area contributed by atoms with E-state index >= 15 is 0 Å². The van der Waals surface area contributed by atoms with Crippen molar-refractivity contribution in [2.45, 2.75) is 19.8 Å². The zero-order valence-corrected chi connectivity index (χ0v) is 9.60. The van der Waals surface area contributed by atoms with Crippen LogP contribution in [0.5, 0.6) is 5.75 Å². The Morgan fingerprint density at radius 2 is 1.94 bits per heavy atom. The molecule has 0 heterocycles. The van der Waals surface area contributed by atoms with Crippen LogP contribution in [0.25, 0.3) is 0 Å². The first-order chi connectivity index (χ1) is 8.08. The largest absolute Gasteiger partial charge is 0.481 e. The molecule has 0 aromatic heterocycles. The highest BCUT2D eigenvalue weighted by atomic mass is 16.5. The third-order valence-corrected chi connectivity index (χ3v) is 2.01. The van der Waals surface area contributed by atoms with Crippen molar-refractivity contribution in [2.24, 2.45) is 0 Å². The summed E-state index contributed by atoms with van der Waals surface area (Å²) >= 11 is 0. The number of ether oxygens (including phenoxy) is 1. The van der Waals surface area contributed by atoms with Gasteiger partial charge in [0.2, 0.25) is 0 Å². The van der Waals surface area contributed by atoms with Crippen molar-refractivity contribution in [1.82, 2.24) is 0 Å². The van der Waals surface area contributed by atoms with Gasteiger partial charge in [-0.3, -0.25) is 9.59 Å². The Balaban J connectivity index is 2.35. The van der Waals surface area contributed by atoms with Gasteiger partial charge in [-0.2, -0.15) is 0 Å². The van der Waals surface area contributed by atoms with E-state index in [2.05, 4.69) is 5.32 Å². The van der Waals surface area contributed by atoms with Crippen LogP contribution < -0.4 is 10.1 Å². The molecule has 0 bridgehead atoms. The van der Waals surface area contributed by atoms with Gasteiger partial charge in [-0.25, -0.2) is 0 Å². The van der Waals surface area contributed by atoms with Crippen LogP contribution >= 0.6 is 0 Å². The summed E-state index contributed by atoms with van der Waals surface area (Å²) in [5, 5.41) is 11.5. The van der Waals surface area contributed by atoms with E-state index in [-0.39, 0.29) is 12.4 Å². The maximum Gasteiger partial charge on any atom is 0.308 e. The zero-order valence-electron chi connectivity index (χ0n) is 9.60. The van der Waals surface area contributed by atoms with Crippen molar-refractivity contribution in [1.29, 1.82) is 0 Å². The third kappa shape index (κ3) is 5.55. The highest BCUT2D eigenvalue weighted by Crippen LogP contribution is 2.15. The number of carboxylic acid groups (broad SMARTS) is 1. The van der Waals surface area contributed by atoms with Crippen molar-refractivity contribution in [3.63, 3.8) is 0 Å². The van der Waals surface area contributed by atoms with E-state index < -0.39 is 5.97 Å². The standard InChI is InChI=1S/C12H15NO4/c1-9(14)17-11-6-4-10(5-7-11)13-8-2-3-12(15)16/h4-7,13H,2-3,8H2,1H3,(H,15,16). The number of aliphatic carboxylic acids is 1. The second kappa shape index (κ2) is 6.52. The quantitative estimate of drug-likeness (QED) is 0.449. The lowest BCUT2D eigenvalue weighted by molar-refractivity contribution is -0.137. The number of nitrogens with one attached hydrogen (secondary N) is 1. The maximum absolute atomic E-state index is 10.7. The minimum absolute atomic E-state index is 0.151. The predicted molar refractivity (Wildman–Crippen MR) is 63.1 cm³/mol. The van der Waals surface area contributed by atoms with Crippen molar-refractivity contribution >= 4 is 17.6 Å². The van der Waals surface area contributed by atoms with Gasteiger partial charge in [0.15, 0.2) is 0 Å². The van der Waals surface area contributed by atoms with Gasteiger partial charge in [-0.05, 0) is 30.7 Å². The SMILES string of the molecule is CC(=O)Oc1ccc(NCCCC(=O)O)cc1. The van der Waals surface area contributed by atoms with Crippen molar-refractivity contribution in [3.8, 4) is 5.75 Å². The van der Waals surface area contributed by atoms with Crippen LogP contribution in [-0.4, -0.2) is 23.6 Å². The number of carbonyl (C=O) groups is 2. The van der Waals surface area contributed by atoms with Crippen LogP contribution in [-0.2, 0) is 9.59 Å². The zero-order chi connectivity index (χ0) is 12.7. The molecule has 1 rings (SSSR count). The fraction of sp³-hybridized carbons (Fsp3) is 0.333. The first kappa shape index (κ1) is 13.0. The van der Waals surface area contributed by atoms with Gasteiger partial charge in [0.05, 0.1) is 0 Å². The molecule has 0 aliphatic heterocycles. The van der Waals surface area contributed by atoms with E-state index in [0.29, 0.717) is 18.7 Å². The van der Waals surface area contributed by atoms with Crippen molar-refractivity contribution in [2.75, 3.05) is 11.9 Å². The Kier molecular flexibility index (Phi) is 5.00. The number of hydrogen-bond acceptors (Lipinski definition) is 4. The topological polar surface area (TPSA) is 75.6 Å². The molecule has 0 radical (unpaired) electrons. The molecule has 92 valence electrons. The Morgan fingerprint density at radius 1 is 1.29 bits per heavy atom. The number of carboxylic acids is 1.